The Kier molecular flexibility index (Phi) is 4.79. The van der Waals surface area contributed by atoms with Gasteiger partial charge in [0.1, 0.15) is 9.48 Å². The fourth-order valence-electron chi connectivity index (χ4n) is 1.41. The Hall–Kier alpha value is -1.11. The van der Waals surface area contributed by atoms with E-state index in [9.17, 15) is 4.79 Å². The van der Waals surface area contributed by atoms with Crippen LogP contribution in [-0.4, -0.2) is 18.1 Å². The molecule has 2 aromatic rings. The molecule has 1 aromatic heterocycles. The second-order valence-electron chi connectivity index (χ2n) is 3.58. The van der Waals surface area contributed by atoms with Crippen LogP contribution < -0.4 is 5.32 Å². The summed E-state index contributed by atoms with van der Waals surface area (Å²) < 4.78 is 5.14. The first-order valence-corrected chi connectivity index (χ1v) is 7.32. The summed E-state index contributed by atoms with van der Waals surface area (Å²) in [6.07, 6.45) is 0. The van der Waals surface area contributed by atoms with Crippen molar-refractivity contribution in [2.24, 2.45) is 0 Å². The summed E-state index contributed by atoms with van der Waals surface area (Å²) >= 11 is 10.5. The van der Waals surface area contributed by atoms with Crippen molar-refractivity contribution >= 4 is 50.0 Å². The summed E-state index contributed by atoms with van der Waals surface area (Å²) in [5.41, 5.74) is 0.968. The topological polar surface area (TPSA) is 51.2 Å². The van der Waals surface area contributed by atoms with Crippen LogP contribution in [-0.2, 0) is 11.3 Å². The van der Waals surface area contributed by atoms with Gasteiger partial charge >= 0.3 is 5.97 Å². The third-order valence-corrected chi connectivity index (χ3v) is 4.54. The van der Waals surface area contributed by atoms with Crippen LogP contribution >= 0.6 is 38.9 Å². The molecule has 0 aliphatic heterocycles. The SMILES string of the molecule is COC(=O)c1sc(NCc2ccccc2Cl)nc1Br. The number of nitrogens with zero attached hydrogens (tertiary/aromatic N) is 1. The van der Waals surface area contributed by atoms with Gasteiger partial charge in [-0.3, -0.25) is 0 Å². The molecule has 4 nitrogen and oxygen atoms in total. The lowest BCUT2D eigenvalue weighted by molar-refractivity contribution is 0.0605. The normalized spacial score (nSPS) is 10.3. The van der Waals surface area contributed by atoms with Crippen LogP contribution in [0.5, 0.6) is 0 Å². The summed E-state index contributed by atoms with van der Waals surface area (Å²) in [5, 5.41) is 4.45. The number of hydrogen-bond donors (Lipinski definition) is 1. The number of esters is 1. The first kappa shape index (κ1) is 14.3. The minimum Gasteiger partial charge on any atom is -0.465 e. The molecule has 1 N–H and O–H groups in total. The molecule has 7 heteroatoms. The Morgan fingerprint density at radius 3 is 2.95 bits per heavy atom. The van der Waals surface area contributed by atoms with Crippen LogP contribution in [0, 0.1) is 0 Å². The number of aromatic nitrogens is 1. The summed E-state index contributed by atoms with van der Waals surface area (Å²) in [6, 6.07) is 7.55. The molecule has 100 valence electrons. The average molecular weight is 362 g/mol. The molecule has 2 rings (SSSR count). The van der Waals surface area contributed by atoms with Crippen molar-refractivity contribution in [3.8, 4) is 0 Å². The smallest absolute Gasteiger partial charge is 0.350 e. The number of thiazole rings is 1. The highest BCUT2D eigenvalue weighted by Crippen LogP contribution is 2.28. The van der Waals surface area contributed by atoms with Crippen molar-refractivity contribution in [3.63, 3.8) is 0 Å². The zero-order chi connectivity index (χ0) is 13.8. The van der Waals surface area contributed by atoms with Gasteiger partial charge in [-0.25, -0.2) is 9.78 Å². The lowest BCUT2D eigenvalue weighted by Crippen LogP contribution is -1.99. The molecule has 0 saturated carbocycles. The molecule has 0 radical (unpaired) electrons. The van der Waals surface area contributed by atoms with Gasteiger partial charge in [-0.1, -0.05) is 41.1 Å². The van der Waals surface area contributed by atoms with E-state index in [1.807, 2.05) is 24.3 Å². The van der Waals surface area contributed by atoms with Gasteiger partial charge < -0.3 is 10.1 Å². The van der Waals surface area contributed by atoms with E-state index in [0.717, 1.165) is 5.56 Å². The van der Waals surface area contributed by atoms with Crippen molar-refractivity contribution in [1.82, 2.24) is 4.98 Å². The molecule has 0 spiro atoms. The van der Waals surface area contributed by atoms with Crippen LogP contribution in [0.25, 0.3) is 0 Å². The zero-order valence-electron chi connectivity index (χ0n) is 9.94. The molecule has 0 amide bonds. The summed E-state index contributed by atoms with van der Waals surface area (Å²) in [6.45, 7) is 0.542. The summed E-state index contributed by atoms with van der Waals surface area (Å²) in [4.78, 5) is 16.1. The van der Waals surface area contributed by atoms with E-state index >= 15 is 0 Å². The third-order valence-electron chi connectivity index (χ3n) is 2.34. The molecule has 0 aliphatic rings. The molecule has 0 atom stereocenters. The highest BCUT2D eigenvalue weighted by molar-refractivity contribution is 9.10. The van der Waals surface area contributed by atoms with E-state index in [-0.39, 0.29) is 0 Å². The Morgan fingerprint density at radius 2 is 2.26 bits per heavy atom. The van der Waals surface area contributed by atoms with Crippen LogP contribution in [0.4, 0.5) is 5.13 Å². The van der Waals surface area contributed by atoms with E-state index in [4.69, 9.17) is 11.6 Å². The molecule has 0 saturated heterocycles. The molecule has 1 aromatic carbocycles. The maximum absolute atomic E-state index is 11.4. The van der Waals surface area contributed by atoms with Gasteiger partial charge in [0.25, 0.3) is 0 Å². The average Bonchev–Trinajstić information content (AvgIpc) is 2.78. The van der Waals surface area contributed by atoms with Crippen molar-refractivity contribution in [3.05, 3.63) is 44.3 Å². The Bertz CT molecular complexity index is 603. The van der Waals surface area contributed by atoms with Crippen molar-refractivity contribution < 1.29 is 9.53 Å². The third kappa shape index (κ3) is 3.46. The largest absolute Gasteiger partial charge is 0.465 e. The fraction of sp³-hybridized carbons (Fsp3) is 0.167. The predicted molar refractivity (Wildman–Crippen MR) is 79.9 cm³/mol. The van der Waals surface area contributed by atoms with E-state index < -0.39 is 5.97 Å². The van der Waals surface area contributed by atoms with Gasteiger partial charge in [0.05, 0.1) is 7.11 Å². The molecule has 19 heavy (non-hydrogen) atoms. The number of ether oxygens (including phenoxy) is 1. The fourth-order valence-corrected chi connectivity index (χ4v) is 3.08. The van der Waals surface area contributed by atoms with Gasteiger partial charge in [0.2, 0.25) is 0 Å². The van der Waals surface area contributed by atoms with Gasteiger partial charge in [-0.15, -0.1) is 0 Å². The lowest BCUT2D eigenvalue weighted by atomic mass is 10.2. The lowest BCUT2D eigenvalue weighted by Gasteiger charge is -2.04. The molecular weight excluding hydrogens is 352 g/mol. The van der Waals surface area contributed by atoms with Crippen LogP contribution in [0.1, 0.15) is 15.2 Å². The molecule has 0 unspecified atom stereocenters. The number of nitrogens with one attached hydrogen (secondary N) is 1. The quantitative estimate of drug-likeness (QED) is 0.838. The summed E-state index contributed by atoms with van der Waals surface area (Å²) in [7, 11) is 1.34. The predicted octanol–water partition coefficient (Wildman–Crippen LogP) is 3.96. The van der Waals surface area contributed by atoms with E-state index in [0.29, 0.717) is 26.2 Å². The number of hydrogen-bond acceptors (Lipinski definition) is 5. The summed E-state index contributed by atoms with van der Waals surface area (Å²) in [5.74, 6) is -0.407. The zero-order valence-corrected chi connectivity index (χ0v) is 13.1. The Labute approximate surface area is 127 Å². The van der Waals surface area contributed by atoms with Crippen molar-refractivity contribution in [2.45, 2.75) is 6.54 Å². The van der Waals surface area contributed by atoms with E-state index in [1.165, 1.54) is 18.4 Å². The highest BCUT2D eigenvalue weighted by atomic mass is 79.9. The Balaban J connectivity index is 2.09. The second kappa shape index (κ2) is 6.36. The second-order valence-corrected chi connectivity index (χ2v) is 5.73. The highest BCUT2D eigenvalue weighted by Gasteiger charge is 2.16. The maximum atomic E-state index is 11.4. The molecular formula is C12H10BrClN2O2S. The van der Waals surface area contributed by atoms with Gasteiger partial charge in [0.15, 0.2) is 5.13 Å². The van der Waals surface area contributed by atoms with E-state index in [2.05, 4.69) is 31.0 Å². The van der Waals surface area contributed by atoms with Crippen molar-refractivity contribution in [1.29, 1.82) is 0 Å². The number of carbonyl (C=O) groups is 1. The van der Waals surface area contributed by atoms with E-state index in [1.54, 1.807) is 0 Å². The molecule has 0 aliphatic carbocycles. The van der Waals surface area contributed by atoms with Crippen LogP contribution in [0.15, 0.2) is 28.9 Å². The van der Waals surface area contributed by atoms with Gasteiger partial charge in [-0.2, -0.15) is 0 Å². The first-order valence-electron chi connectivity index (χ1n) is 5.33. The minimum atomic E-state index is -0.407. The standard InChI is InChI=1S/C12H10BrClN2O2S/c1-18-11(17)9-10(13)16-12(19-9)15-6-7-4-2-3-5-8(7)14/h2-5H,6H2,1H3,(H,15,16). The number of halogens is 2. The van der Waals surface area contributed by atoms with Crippen LogP contribution in [0.2, 0.25) is 5.02 Å². The number of rotatable bonds is 4. The number of benzene rings is 1. The Morgan fingerprint density at radius 1 is 1.53 bits per heavy atom. The molecule has 0 fully saturated rings. The molecule has 0 bridgehead atoms. The molecule has 1 heterocycles. The number of anilines is 1. The minimum absolute atomic E-state index is 0.407. The van der Waals surface area contributed by atoms with Gasteiger partial charge in [0, 0.05) is 11.6 Å². The maximum Gasteiger partial charge on any atom is 0.350 e. The van der Waals surface area contributed by atoms with Gasteiger partial charge in [-0.05, 0) is 27.6 Å². The number of methoxy groups -OCH3 is 1. The first-order chi connectivity index (χ1) is 9.11. The van der Waals surface area contributed by atoms with Crippen LogP contribution in [0.3, 0.4) is 0 Å². The number of carbonyl (C=O) groups excluding carboxylic acids is 1. The monoisotopic (exact) mass is 360 g/mol. The van der Waals surface area contributed by atoms with Crippen molar-refractivity contribution in [2.75, 3.05) is 12.4 Å².